The molecule has 1 saturated carbocycles. The molecular weight excluding hydrogens is 280 g/mol. The van der Waals surface area contributed by atoms with Crippen LogP contribution in [0.1, 0.15) is 78.6 Å². The zero-order chi connectivity index (χ0) is 16.5. The molecule has 1 aliphatic rings. The molecule has 0 unspecified atom stereocenters. The highest BCUT2D eigenvalue weighted by Gasteiger charge is 2.30. The van der Waals surface area contributed by atoms with Crippen LogP contribution in [0.25, 0.3) is 0 Å². The second-order valence-electron chi connectivity index (χ2n) is 6.63. The van der Waals surface area contributed by atoms with Crippen molar-refractivity contribution in [2.24, 2.45) is 0 Å². The number of hydrogen-bond donors (Lipinski definition) is 3. The number of aryl methyl sites for hydroxylation is 1. The van der Waals surface area contributed by atoms with E-state index in [-0.39, 0.29) is 17.7 Å². The number of rotatable bonds is 4. The van der Waals surface area contributed by atoms with Crippen LogP contribution in [-0.4, -0.2) is 33.4 Å². The van der Waals surface area contributed by atoms with Gasteiger partial charge in [0.15, 0.2) is 5.78 Å². The monoisotopic (exact) mass is 306 g/mol. The van der Waals surface area contributed by atoms with Crippen molar-refractivity contribution in [3.63, 3.8) is 0 Å². The summed E-state index contributed by atoms with van der Waals surface area (Å²) in [7, 11) is 0. The van der Waals surface area contributed by atoms with Crippen LogP contribution in [0.3, 0.4) is 0 Å². The fourth-order valence-electron chi connectivity index (χ4n) is 3.34. The molecule has 0 bridgehead atoms. The predicted octanol–water partition coefficient (Wildman–Crippen LogP) is 2.51. The van der Waals surface area contributed by atoms with Gasteiger partial charge in [-0.05, 0) is 58.4 Å². The van der Waals surface area contributed by atoms with E-state index in [0.29, 0.717) is 30.5 Å². The Bertz CT molecular complexity index is 577. The van der Waals surface area contributed by atoms with Crippen LogP contribution in [0.5, 0.6) is 0 Å². The lowest BCUT2D eigenvalue weighted by molar-refractivity contribution is 0.0140. The maximum Gasteiger partial charge on any atom is 0.268 e. The van der Waals surface area contributed by atoms with Gasteiger partial charge in [-0.15, -0.1) is 0 Å². The van der Waals surface area contributed by atoms with Crippen LogP contribution in [-0.2, 0) is 6.42 Å². The summed E-state index contributed by atoms with van der Waals surface area (Å²) >= 11 is 0. The summed E-state index contributed by atoms with van der Waals surface area (Å²) in [5.74, 6) is -0.169. The molecule has 0 atom stereocenters. The smallest absolute Gasteiger partial charge is 0.268 e. The molecule has 1 fully saturated rings. The number of amides is 1. The van der Waals surface area contributed by atoms with Crippen LogP contribution >= 0.6 is 0 Å². The number of H-pyrrole nitrogens is 1. The van der Waals surface area contributed by atoms with Gasteiger partial charge >= 0.3 is 0 Å². The van der Waals surface area contributed by atoms with Gasteiger partial charge in [0.25, 0.3) is 5.91 Å². The predicted molar refractivity (Wildman–Crippen MR) is 85.3 cm³/mol. The third kappa shape index (κ3) is 3.40. The maximum atomic E-state index is 12.5. The minimum Gasteiger partial charge on any atom is -0.390 e. The number of nitrogens with one attached hydrogen (secondary N) is 2. The molecule has 0 saturated heterocycles. The first-order valence-electron chi connectivity index (χ1n) is 8.00. The Labute approximate surface area is 131 Å². The quantitative estimate of drug-likeness (QED) is 0.748. The van der Waals surface area contributed by atoms with Crippen LogP contribution in [0.15, 0.2) is 0 Å². The molecule has 1 aliphatic carbocycles. The summed E-state index contributed by atoms with van der Waals surface area (Å²) < 4.78 is 0. The van der Waals surface area contributed by atoms with Gasteiger partial charge in [0, 0.05) is 17.3 Å². The second-order valence-corrected chi connectivity index (χ2v) is 6.63. The molecule has 1 amide bonds. The van der Waals surface area contributed by atoms with Crippen molar-refractivity contribution in [2.45, 2.75) is 71.4 Å². The van der Waals surface area contributed by atoms with E-state index in [1.54, 1.807) is 0 Å². The van der Waals surface area contributed by atoms with E-state index in [2.05, 4.69) is 10.3 Å². The number of hydrogen-bond acceptors (Lipinski definition) is 3. The molecule has 122 valence electrons. The normalized spacial score (nSPS) is 25.0. The standard InChI is InChI=1S/C17H26N2O3/c1-5-13-14(11(3)20)10(2)18-15(13)16(21)19-12-6-8-17(4,22)9-7-12/h12,18,22H,5-9H2,1-4H3,(H,19,21). The van der Waals surface area contributed by atoms with Crippen LogP contribution in [0, 0.1) is 6.92 Å². The Hall–Kier alpha value is -1.62. The fourth-order valence-corrected chi connectivity index (χ4v) is 3.34. The summed E-state index contributed by atoms with van der Waals surface area (Å²) in [6.07, 6.45) is 3.59. The molecule has 5 heteroatoms. The third-order valence-electron chi connectivity index (χ3n) is 4.62. The highest BCUT2D eigenvalue weighted by Crippen LogP contribution is 2.28. The molecule has 2 rings (SSSR count). The largest absolute Gasteiger partial charge is 0.390 e. The number of aromatic amines is 1. The molecule has 3 N–H and O–H groups in total. The first kappa shape index (κ1) is 16.7. The topological polar surface area (TPSA) is 82.2 Å². The van der Waals surface area contributed by atoms with E-state index >= 15 is 0 Å². The van der Waals surface area contributed by atoms with E-state index in [0.717, 1.165) is 24.1 Å². The second kappa shape index (κ2) is 6.24. The van der Waals surface area contributed by atoms with Gasteiger partial charge in [-0.25, -0.2) is 0 Å². The van der Waals surface area contributed by atoms with Crippen LogP contribution < -0.4 is 5.32 Å². The van der Waals surface area contributed by atoms with E-state index in [9.17, 15) is 14.7 Å². The van der Waals surface area contributed by atoms with E-state index in [4.69, 9.17) is 0 Å². The summed E-state index contributed by atoms with van der Waals surface area (Å²) in [6.45, 7) is 7.14. The van der Waals surface area contributed by atoms with Gasteiger partial charge in [-0.3, -0.25) is 9.59 Å². The molecule has 0 aliphatic heterocycles. The summed E-state index contributed by atoms with van der Waals surface area (Å²) in [6, 6.07) is 0.0850. The molecular formula is C17H26N2O3. The molecule has 0 aromatic carbocycles. The number of carbonyl (C=O) groups is 2. The average molecular weight is 306 g/mol. The van der Waals surface area contributed by atoms with Crippen molar-refractivity contribution < 1.29 is 14.7 Å². The van der Waals surface area contributed by atoms with Crippen molar-refractivity contribution in [1.82, 2.24) is 10.3 Å². The van der Waals surface area contributed by atoms with E-state index in [1.165, 1.54) is 6.92 Å². The number of aromatic nitrogens is 1. The van der Waals surface area contributed by atoms with Gasteiger partial charge < -0.3 is 15.4 Å². The van der Waals surface area contributed by atoms with Crippen LogP contribution in [0.4, 0.5) is 0 Å². The first-order chi connectivity index (χ1) is 10.2. The van der Waals surface area contributed by atoms with Gasteiger partial charge in [0.2, 0.25) is 0 Å². The van der Waals surface area contributed by atoms with Gasteiger partial charge in [-0.1, -0.05) is 6.92 Å². The van der Waals surface area contributed by atoms with Gasteiger partial charge in [0.1, 0.15) is 5.69 Å². The molecule has 22 heavy (non-hydrogen) atoms. The highest BCUT2D eigenvalue weighted by molar-refractivity contribution is 6.02. The van der Waals surface area contributed by atoms with Crippen molar-refractivity contribution in [1.29, 1.82) is 0 Å². The maximum absolute atomic E-state index is 12.5. The lowest BCUT2D eigenvalue weighted by Crippen LogP contribution is -2.42. The Morgan fingerprint density at radius 3 is 2.45 bits per heavy atom. The van der Waals surface area contributed by atoms with Crippen molar-refractivity contribution in [3.05, 3.63) is 22.5 Å². The van der Waals surface area contributed by atoms with Gasteiger partial charge in [0.05, 0.1) is 5.60 Å². The summed E-state index contributed by atoms with van der Waals surface area (Å²) in [4.78, 5) is 27.4. The zero-order valence-corrected chi connectivity index (χ0v) is 13.9. The number of ketones is 1. The molecule has 0 spiro atoms. The number of carbonyl (C=O) groups excluding carboxylic acids is 2. The van der Waals surface area contributed by atoms with E-state index in [1.807, 2.05) is 20.8 Å². The Balaban J connectivity index is 2.14. The molecule has 1 aromatic heterocycles. The van der Waals surface area contributed by atoms with Crippen molar-refractivity contribution in [2.75, 3.05) is 0 Å². The van der Waals surface area contributed by atoms with Crippen molar-refractivity contribution >= 4 is 11.7 Å². The van der Waals surface area contributed by atoms with E-state index < -0.39 is 5.60 Å². The number of aliphatic hydroxyl groups is 1. The average Bonchev–Trinajstić information content (AvgIpc) is 2.78. The lowest BCUT2D eigenvalue weighted by Gasteiger charge is -2.33. The molecule has 0 radical (unpaired) electrons. The highest BCUT2D eigenvalue weighted by atomic mass is 16.3. The Morgan fingerprint density at radius 2 is 1.95 bits per heavy atom. The Morgan fingerprint density at radius 1 is 1.36 bits per heavy atom. The van der Waals surface area contributed by atoms with Gasteiger partial charge in [-0.2, -0.15) is 0 Å². The zero-order valence-electron chi connectivity index (χ0n) is 13.9. The first-order valence-corrected chi connectivity index (χ1v) is 8.00. The molecule has 5 nitrogen and oxygen atoms in total. The number of Topliss-reactive ketones (excluding diaryl/α,β-unsaturated/α-hetero) is 1. The summed E-state index contributed by atoms with van der Waals surface area (Å²) in [5.41, 5.74) is 2.08. The SMILES string of the molecule is CCc1c(C(=O)NC2CCC(C)(O)CC2)[nH]c(C)c1C(C)=O. The molecule has 1 heterocycles. The third-order valence-corrected chi connectivity index (χ3v) is 4.62. The minimum atomic E-state index is -0.610. The molecule has 1 aromatic rings. The fraction of sp³-hybridized carbons (Fsp3) is 0.647. The Kier molecular flexibility index (Phi) is 4.75. The lowest BCUT2D eigenvalue weighted by atomic mass is 9.83. The van der Waals surface area contributed by atoms with Crippen LogP contribution in [0.2, 0.25) is 0 Å². The van der Waals surface area contributed by atoms with Crippen molar-refractivity contribution in [3.8, 4) is 0 Å². The summed E-state index contributed by atoms with van der Waals surface area (Å²) in [5, 5.41) is 13.0. The minimum absolute atomic E-state index is 0.0154.